The second-order valence-electron chi connectivity index (χ2n) is 5.04. The van der Waals surface area contributed by atoms with Crippen molar-refractivity contribution in [3.8, 4) is 0 Å². The average molecular weight is 338 g/mol. The van der Waals surface area contributed by atoms with Crippen molar-refractivity contribution in [2.45, 2.75) is 33.1 Å². The first-order valence-corrected chi connectivity index (χ1v) is 10.1. The molecule has 0 aliphatic carbocycles. The van der Waals surface area contributed by atoms with Crippen molar-refractivity contribution in [1.82, 2.24) is 4.89 Å². The topological polar surface area (TPSA) is 61.7 Å². The number of aliphatic imine (C=N–C) groups is 1. The molecule has 22 heavy (non-hydrogen) atoms. The van der Waals surface area contributed by atoms with E-state index in [9.17, 15) is 9.42 Å². The van der Waals surface area contributed by atoms with E-state index < -0.39 is 20.2 Å². The highest BCUT2D eigenvalue weighted by Crippen LogP contribution is 2.35. The molecular formula is C16H22N2O2S2. The largest absolute Gasteiger partial charge is 0.304 e. The van der Waals surface area contributed by atoms with Crippen LogP contribution in [0.3, 0.4) is 0 Å². The smallest absolute Gasteiger partial charge is 0.166 e. The second kappa shape index (κ2) is 7.37. The summed E-state index contributed by atoms with van der Waals surface area (Å²) in [4.78, 5) is 6.48. The van der Waals surface area contributed by atoms with E-state index in [1.165, 1.54) is 10.9 Å². The van der Waals surface area contributed by atoms with Crippen LogP contribution in [-0.4, -0.2) is 24.5 Å². The highest BCUT2D eigenvalue weighted by molar-refractivity contribution is 8.46. The summed E-state index contributed by atoms with van der Waals surface area (Å²) in [5, 5.41) is 14.7. The predicted molar refractivity (Wildman–Crippen MR) is 99.1 cm³/mol. The summed E-state index contributed by atoms with van der Waals surface area (Å²) < 4.78 is 13.1. The van der Waals surface area contributed by atoms with Crippen LogP contribution in [-0.2, 0) is 9.71 Å². The van der Waals surface area contributed by atoms with Gasteiger partial charge in [0.25, 0.3) is 0 Å². The summed E-state index contributed by atoms with van der Waals surface area (Å²) in [6.45, 7) is 5.74. The third-order valence-corrected chi connectivity index (χ3v) is 7.96. The maximum Gasteiger partial charge on any atom is 0.166 e. The molecule has 6 heteroatoms. The number of nitrogens with zero attached hydrogens (tertiary/aromatic N) is 1. The van der Waals surface area contributed by atoms with Gasteiger partial charge in [0, 0.05) is 5.70 Å². The number of benzene rings is 1. The van der Waals surface area contributed by atoms with Gasteiger partial charge in [-0.05, 0) is 42.5 Å². The van der Waals surface area contributed by atoms with Crippen LogP contribution in [0.25, 0.3) is 0 Å². The molecule has 2 N–H and O–H groups in total. The van der Waals surface area contributed by atoms with Crippen molar-refractivity contribution >= 4 is 35.3 Å². The molecule has 3 unspecified atom stereocenters. The first-order chi connectivity index (χ1) is 10.5. The zero-order chi connectivity index (χ0) is 16.2. The normalized spacial score (nSPS) is 21.9. The van der Waals surface area contributed by atoms with Crippen LogP contribution >= 0.6 is 10.5 Å². The molecule has 0 saturated heterocycles. The molecule has 0 aromatic heterocycles. The van der Waals surface area contributed by atoms with Crippen LogP contribution < -0.4 is 4.89 Å². The molecule has 0 amide bonds. The summed E-state index contributed by atoms with van der Waals surface area (Å²) in [7, 11) is -3.19. The zero-order valence-electron chi connectivity index (χ0n) is 13.0. The van der Waals surface area contributed by atoms with Crippen molar-refractivity contribution in [1.29, 1.82) is 0 Å². The Bertz CT molecular complexity index is 743. The third-order valence-electron chi connectivity index (χ3n) is 3.56. The first-order valence-electron chi connectivity index (χ1n) is 7.14. The van der Waals surface area contributed by atoms with Crippen LogP contribution in [0.5, 0.6) is 0 Å². The Kier molecular flexibility index (Phi) is 5.74. The van der Waals surface area contributed by atoms with Crippen LogP contribution in [0, 0.1) is 0 Å². The lowest BCUT2D eigenvalue weighted by Crippen LogP contribution is -2.27. The molecule has 2 rings (SSSR count). The summed E-state index contributed by atoms with van der Waals surface area (Å²) in [5.74, 6) is 0.335. The van der Waals surface area contributed by atoms with Crippen molar-refractivity contribution in [2.24, 2.45) is 4.99 Å². The molecule has 3 atom stereocenters. The average Bonchev–Trinajstić information content (AvgIpc) is 2.98. The van der Waals surface area contributed by atoms with Crippen LogP contribution in [0.4, 0.5) is 0 Å². The molecule has 1 aromatic rings. The van der Waals surface area contributed by atoms with E-state index in [4.69, 9.17) is 0 Å². The lowest BCUT2D eigenvalue weighted by atomic mass is 9.97. The Morgan fingerprint density at radius 1 is 1.36 bits per heavy atom. The molecular weight excluding hydrogens is 316 g/mol. The lowest BCUT2D eigenvalue weighted by molar-refractivity contribution is 0.252. The molecule has 1 aromatic carbocycles. The molecule has 120 valence electrons. The fourth-order valence-electron chi connectivity index (χ4n) is 2.27. The summed E-state index contributed by atoms with van der Waals surface area (Å²) in [6.07, 6.45) is 0.787. The fraction of sp³-hybridized carbons (Fsp3) is 0.312. The Morgan fingerprint density at radius 2 is 2.05 bits per heavy atom. The van der Waals surface area contributed by atoms with Gasteiger partial charge in [-0.15, -0.1) is 15.4 Å². The van der Waals surface area contributed by atoms with Gasteiger partial charge in [0.05, 0.1) is 0 Å². The molecule has 1 aliphatic heterocycles. The minimum atomic E-state index is -2.78. The fourth-order valence-corrected chi connectivity index (χ4v) is 5.99. The van der Waals surface area contributed by atoms with E-state index in [2.05, 4.69) is 29.5 Å². The summed E-state index contributed by atoms with van der Waals surface area (Å²) in [6, 6.07) is 10.3. The zero-order valence-corrected chi connectivity index (χ0v) is 14.7. The van der Waals surface area contributed by atoms with Gasteiger partial charge >= 0.3 is 0 Å². The van der Waals surface area contributed by atoms with Crippen molar-refractivity contribution in [3.63, 3.8) is 0 Å². The molecule has 1 heterocycles. The van der Waals surface area contributed by atoms with E-state index in [1.807, 2.05) is 35.4 Å². The molecule has 0 fully saturated rings. The van der Waals surface area contributed by atoms with E-state index in [1.54, 1.807) is 6.92 Å². The quantitative estimate of drug-likeness (QED) is 0.652. The minimum Gasteiger partial charge on any atom is -0.304 e. The van der Waals surface area contributed by atoms with Gasteiger partial charge in [-0.3, -0.25) is 0 Å². The summed E-state index contributed by atoms with van der Waals surface area (Å²) >= 11 is 0. The molecule has 0 saturated carbocycles. The molecule has 0 spiro atoms. The maximum atomic E-state index is 12.6. The number of rotatable bonds is 4. The first kappa shape index (κ1) is 17.1. The third kappa shape index (κ3) is 3.57. The van der Waals surface area contributed by atoms with Gasteiger partial charge in [0.1, 0.15) is 9.71 Å². The Morgan fingerprint density at radius 3 is 2.59 bits per heavy atom. The van der Waals surface area contributed by atoms with E-state index in [0.717, 1.165) is 12.1 Å². The standard InChI is InChI=1S/C16H22N2O2S2/c1-4-21-12-15(17-16(21)22(20,5-2)18-19)11-13(3)14-9-7-6-8-10-14/h4-10,12-13,19H,11H2,1-3H3,(H,18,20). The van der Waals surface area contributed by atoms with Gasteiger partial charge in [-0.25, -0.2) is 9.20 Å². The number of allylic oxidation sites excluding steroid dienone is 1. The summed E-state index contributed by atoms with van der Waals surface area (Å²) in [5.41, 5.74) is 2.19. The van der Waals surface area contributed by atoms with Crippen LogP contribution in [0.2, 0.25) is 0 Å². The monoisotopic (exact) mass is 338 g/mol. The highest BCUT2D eigenvalue weighted by Gasteiger charge is 2.23. The highest BCUT2D eigenvalue weighted by atomic mass is 32.3. The minimum absolute atomic E-state index is 0.335. The van der Waals surface area contributed by atoms with Crippen molar-refractivity contribution < 1.29 is 9.42 Å². The molecule has 4 nitrogen and oxygen atoms in total. The van der Waals surface area contributed by atoms with E-state index >= 15 is 0 Å². The van der Waals surface area contributed by atoms with Crippen LogP contribution in [0.1, 0.15) is 38.7 Å². The Hall–Kier alpha value is -1.21. The number of hydrogen-bond donors (Lipinski definition) is 2. The van der Waals surface area contributed by atoms with Gasteiger partial charge in [-0.2, -0.15) is 0 Å². The van der Waals surface area contributed by atoms with Gasteiger partial charge in [0.2, 0.25) is 0 Å². The predicted octanol–water partition coefficient (Wildman–Crippen LogP) is 3.48. The van der Waals surface area contributed by atoms with Crippen LogP contribution in [0.15, 0.2) is 46.4 Å². The molecule has 0 bridgehead atoms. The second-order valence-corrected chi connectivity index (χ2v) is 9.38. The Labute approximate surface area is 135 Å². The van der Waals surface area contributed by atoms with Crippen molar-refractivity contribution in [3.05, 3.63) is 47.0 Å². The van der Waals surface area contributed by atoms with E-state index in [0.29, 0.717) is 10.3 Å². The SMILES string of the molecule is CC=S1C=C(CC(C)c2ccccc2)N=C1S(=O)(=CC)NO. The lowest BCUT2D eigenvalue weighted by Gasteiger charge is -2.11. The Balaban J connectivity index is 2.27. The van der Waals surface area contributed by atoms with E-state index in [-0.39, 0.29) is 0 Å². The van der Waals surface area contributed by atoms with Gasteiger partial charge in [0.15, 0.2) is 4.38 Å². The number of nitrogens with one attached hydrogen (secondary N) is 1. The van der Waals surface area contributed by atoms with Crippen molar-refractivity contribution in [2.75, 3.05) is 0 Å². The maximum absolute atomic E-state index is 12.6. The number of hydrogen-bond acceptors (Lipinski definition) is 3. The van der Waals surface area contributed by atoms with Gasteiger partial charge in [-0.1, -0.05) is 42.6 Å². The molecule has 1 aliphatic rings. The van der Waals surface area contributed by atoms with Gasteiger partial charge < -0.3 is 5.21 Å². The molecule has 0 radical (unpaired) electrons.